The summed E-state index contributed by atoms with van der Waals surface area (Å²) in [4.78, 5) is 8.09. The SMILES string of the molecule is CCCCCCCCOc1cnc(-c2ccc(OCCCOCC(F)(F)OC(F)(F)C(F)(F)OC(F)(F)C(F)(F)C(F)(F)C(F)(F)F)cc2F)nc1. The van der Waals surface area contributed by atoms with E-state index in [1.54, 1.807) is 4.74 Å². The largest absolute Gasteiger partial charge is 0.493 e. The number of unbranched alkanes of at least 4 members (excludes halogenated alkanes) is 5. The minimum atomic E-state index is -7.94. The van der Waals surface area contributed by atoms with E-state index in [0.29, 0.717) is 12.4 Å². The van der Waals surface area contributed by atoms with E-state index in [4.69, 9.17) is 9.47 Å². The second-order valence-corrected chi connectivity index (χ2v) is 10.8. The van der Waals surface area contributed by atoms with Gasteiger partial charge in [0.15, 0.2) is 11.6 Å². The molecule has 0 unspecified atom stereocenters. The van der Waals surface area contributed by atoms with Gasteiger partial charge in [0.2, 0.25) is 0 Å². The van der Waals surface area contributed by atoms with Gasteiger partial charge in [-0.1, -0.05) is 39.0 Å². The van der Waals surface area contributed by atoms with E-state index in [0.717, 1.165) is 44.6 Å². The van der Waals surface area contributed by atoms with Gasteiger partial charge in [0, 0.05) is 12.5 Å². The van der Waals surface area contributed by atoms with Crippen molar-refractivity contribution >= 4 is 0 Å². The van der Waals surface area contributed by atoms with Crippen LogP contribution in [0.2, 0.25) is 0 Å². The molecular formula is C29H30F16N2O5. The van der Waals surface area contributed by atoms with Crippen LogP contribution in [-0.2, 0) is 14.2 Å². The van der Waals surface area contributed by atoms with Crippen LogP contribution in [0.1, 0.15) is 51.9 Å². The lowest BCUT2D eigenvalue weighted by Crippen LogP contribution is -2.64. The number of ether oxygens (including phenoxy) is 5. The monoisotopic (exact) mass is 790 g/mol. The average Bonchev–Trinajstić information content (AvgIpc) is 3.01. The summed E-state index contributed by atoms with van der Waals surface area (Å²) in [6.45, 7) is -1.04. The summed E-state index contributed by atoms with van der Waals surface area (Å²) in [6.07, 6.45) is -26.5. The van der Waals surface area contributed by atoms with Gasteiger partial charge in [0.1, 0.15) is 18.2 Å². The molecule has 0 N–H and O–H groups in total. The Kier molecular flexibility index (Phi) is 15.2. The topological polar surface area (TPSA) is 71.9 Å². The first kappa shape index (κ1) is 44.8. The molecule has 1 heterocycles. The summed E-state index contributed by atoms with van der Waals surface area (Å²) < 4.78 is 230. The van der Waals surface area contributed by atoms with Crippen LogP contribution in [-0.4, -0.2) is 78.9 Å². The fourth-order valence-electron chi connectivity index (χ4n) is 3.83. The molecule has 0 radical (unpaired) electrons. The van der Waals surface area contributed by atoms with Gasteiger partial charge in [-0.05, 0) is 18.6 Å². The first-order chi connectivity index (χ1) is 23.8. The number of halogens is 16. The van der Waals surface area contributed by atoms with Crippen LogP contribution in [0.4, 0.5) is 70.2 Å². The number of hydrogen-bond donors (Lipinski definition) is 0. The zero-order chi connectivity index (χ0) is 39.7. The quantitative estimate of drug-likeness (QED) is 0.0820. The Hall–Kier alpha value is -3.34. The Bertz CT molecular complexity index is 1400. The van der Waals surface area contributed by atoms with Crippen molar-refractivity contribution in [2.75, 3.05) is 26.4 Å². The maximum atomic E-state index is 14.6. The molecule has 0 spiro atoms. The molecule has 23 heteroatoms. The zero-order valence-corrected chi connectivity index (χ0v) is 26.6. The van der Waals surface area contributed by atoms with E-state index in [1.165, 1.54) is 24.5 Å². The molecular weight excluding hydrogens is 760 g/mol. The average molecular weight is 791 g/mol. The van der Waals surface area contributed by atoms with Gasteiger partial charge < -0.3 is 14.2 Å². The molecule has 0 saturated carbocycles. The standard InChI is InChI=1S/C29H30F16N2O5/c1-2-3-4-5-6-7-12-50-19-15-46-22(47-16-19)20-10-9-18(14-21(20)30)49-13-8-11-48-17-23(31,32)51-28(42,43)29(44,45)52-27(40,41)25(35,36)24(33,34)26(37,38)39/h9-10,14-16H,2-8,11-13,17H2,1H3. The summed E-state index contributed by atoms with van der Waals surface area (Å²) in [5, 5.41) is 0. The fourth-order valence-corrected chi connectivity index (χ4v) is 3.83. The molecule has 0 amide bonds. The third-order valence-electron chi connectivity index (χ3n) is 6.54. The van der Waals surface area contributed by atoms with Gasteiger partial charge in [-0.25, -0.2) is 23.8 Å². The van der Waals surface area contributed by atoms with E-state index in [-0.39, 0.29) is 23.6 Å². The molecule has 0 bridgehead atoms. The molecule has 0 aliphatic rings. The first-order valence-corrected chi connectivity index (χ1v) is 15.0. The Labute approximate surface area is 284 Å². The second-order valence-electron chi connectivity index (χ2n) is 10.8. The lowest BCUT2D eigenvalue weighted by Gasteiger charge is -2.36. The van der Waals surface area contributed by atoms with E-state index in [1.807, 2.05) is 0 Å². The third kappa shape index (κ3) is 11.8. The van der Waals surface area contributed by atoms with E-state index >= 15 is 0 Å². The number of aromatic nitrogens is 2. The van der Waals surface area contributed by atoms with E-state index in [9.17, 15) is 70.2 Å². The van der Waals surface area contributed by atoms with Crippen molar-refractivity contribution in [1.29, 1.82) is 0 Å². The lowest BCUT2D eigenvalue weighted by atomic mass is 10.1. The molecule has 0 saturated heterocycles. The third-order valence-corrected chi connectivity index (χ3v) is 6.54. The summed E-state index contributed by atoms with van der Waals surface area (Å²) >= 11 is 0. The molecule has 1 aromatic carbocycles. The van der Waals surface area contributed by atoms with Gasteiger partial charge >= 0.3 is 42.5 Å². The van der Waals surface area contributed by atoms with Crippen molar-refractivity contribution < 1.29 is 93.9 Å². The van der Waals surface area contributed by atoms with Crippen molar-refractivity contribution in [3.63, 3.8) is 0 Å². The predicted molar refractivity (Wildman–Crippen MR) is 145 cm³/mol. The van der Waals surface area contributed by atoms with E-state index < -0.39 is 68.1 Å². The lowest BCUT2D eigenvalue weighted by molar-refractivity contribution is -0.543. The van der Waals surface area contributed by atoms with Crippen LogP contribution in [0.5, 0.6) is 11.5 Å². The molecule has 0 atom stereocenters. The van der Waals surface area contributed by atoms with Crippen molar-refractivity contribution in [3.05, 3.63) is 36.4 Å². The van der Waals surface area contributed by atoms with Gasteiger partial charge in [-0.3, -0.25) is 0 Å². The Morgan fingerprint density at radius 1 is 0.577 bits per heavy atom. The fraction of sp³-hybridized carbons (Fsp3) is 0.655. The second kappa shape index (κ2) is 17.7. The molecule has 0 fully saturated rings. The summed E-state index contributed by atoms with van der Waals surface area (Å²) in [5.41, 5.74) is -0.0372. The number of rotatable bonds is 23. The highest BCUT2D eigenvalue weighted by Crippen LogP contribution is 2.56. The summed E-state index contributed by atoms with van der Waals surface area (Å²) in [6, 6.07) is 3.41. The summed E-state index contributed by atoms with van der Waals surface area (Å²) in [7, 11) is 0. The predicted octanol–water partition coefficient (Wildman–Crippen LogP) is 10.0. The minimum Gasteiger partial charge on any atom is -0.493 e. The molecule has 52 heavy (non-hydrogen) atoms. The van der Waals surface area contributed by atoms with Crippen LogP contribution in [0, 0.1) is 5.82 Å². The van der Waals surface area contributed by atoms with Gasteiger partial charge in [0.25, 0.3) is 0 Å². The highest BCUT2D eigenvalue weighted by atomic mass is 19.4. The number of hydrogen-bond acceptors (Lipinski definition) is 7. The number of alkyl halides is 15. The normalized spacial score (nSPS) is 13.8. The molecule has 298 valence electrons. The van der Waals surface area contributed by atoms with Gasteiger partial charge in [-0.2, -0.15) is 65.9 Å². The molecule has 1 aromatic heterocycles. The maximum absolute atomic E-state index is 14.6. The molecule has 2 aromatic rings. The van der Waals surface area contributed by atoms with Gasteiger partial charge in [-0.15, -0.1) is 0 Å². The highest BCUT2D eigenvalue weighted by Gasteiger charge is 2.85. The molecule has 2 rings (SSSR count). The van der Waals surface area contributed by atoms with Crippen LogP contribution in [0.3, 0.4) is 0 Å². The van der Waals surface area contributed by atoms with Crippen LogP contribution in [0.25, 0.3) is 11.4 Å². The Morgan fingerprint density at radius 3 is 1.69 bits per heavy atom. The zero-order valence-electron chi connectivity index (χ0n) is 26.6. The maximum Gasteiger partial charge on any atom is 0.460 e. The first-order valence-electron chi connectivity index (χ1n) is 15.0. The van der Waals surface area contributed by atoms with Gasteiger partial charge in [0.05, 0.1) is 37.8 Å². The molecule has 0 aliphatic heterocycles. The smallest absolute Gasteiger partial charge is 0.460 e. The Morgan fingerprint density at radius 2 is 1.12 bits per heavy atom. The van der Waals surface area contributed by atoms with E-state index in [2.05, 4.69) is 26.4 Å². The van der Waals surface area contributed by atoms with Crippen LogP contribution >= 0.6 is 0 Å². The Balaban J connectivity index is 1.83. The summed E-state index contributed by atoms with van der Waals surface area (Å²) in [5.74, 6) is -16.3. The van der Waals surface area contributed by atoms with Crippen LogP contribution < -0.4 is 9.47 Å². The number of benzene rings is 1. The minimum absolute atomic E-state index is 0.00272. The molecule has 7 nitrogen and oxygen atoms in total. The number of nitrogens with zero attached hydrogens (tertiary/aromatic N) is 2. The molecule has 0 aliphatic carbocycles. The van der Waals surface area contributed by atoms with Crippen molar-refractivity contribution in [2.45, 2.75) is 94.3 Å². The van der Waals surface area contributed by atoms with Crippen molar-refractivity contribution in [1.82, 2.24) is 9.97 Å². The van der Waals surface area contributed by atoms with Crippen molar-refractivity contribution in [3.8, 4) is 22.9 Å². The van der Waals surface area contributed by atoms with Crippen LogP contribution in [0.15, 0.2) is 30.6 Å². The highest BCUT2D eigenvalue weighted by molar-refractivity contribution is 5.57. The van der Waals surface area contributed by atoms with Crippen molar-refractivity contribution in [2.24, 2.45) is 0 Å².